The number of aliphatic hydroxyl groups is 11. The van der Waals surface area contributed by atoms with E-state index in [1.165, 1.54) is 186 Å². The molecular weight excluding hydrogens is 1070 g/mol. The van der Waals surface area contributed by atoms with Gasteiger partial charge in [-0.15, -0.1) is 0 Å². The Kier molecular flexibility index (Phi) is 43.4. The molecule has 490 valence electrons. The van der Waals surface area contributed by atoms with E-state index in [-0.39, 0.29) is 18.9 Å². The number of amides is 1. The molecule has 0 aromatic rings. The second kappa shape index (κ2) is 47.5. The molecule has 83 heavy (non-hydrogen) atoms. The molecule has 0 saturated carbocycles. The Bertz CT molecular complexity index is 1560. The average Bonchev–Trinajstić information content (AvgIpc) is 3.25. The summed E-state index contributed by atoms with van der Waals surface area (Å²) in [6, 6.07) is -0.966. The SMILES string of the molecule is CCCCCCCCCCCCCCCCCCCCCCCCCCCCCC/C=C/C(O)C(COC1OC(CO)C(OC2OC(CO)C(OC3OC(CO)C(O)C(O)C3O)C(O)C2O)C(O)C1O)NC(=O)CCCCCCCCCC. The smallest absolute Gasteiger partial charge is 0.220 e. The van der Waals surface area contributed by atoms with Gasteiger partial charge in [0.1, 0.15) is 73.2 Å². The minimum absolute atomic E-state index is 0.246. The summed E-state index contributed by atoms with van der Waals surface area (Å²) in [7, 11) is 0. The summed E-state index contributed by atoms with van der Waals surface area (Å²) in [6.45, 7) is 1.70. The van der Waals surface area contributed by atoms with Crippen molar-refractivity contribution in [2.45, 2.75) is 362 Å². The van der Waals surface area contributed by atoms with Crippen molar-refractivity contribution in [3.05, 3.63) is 12.2 Å². The van der Waals surface area contributed by atoms with Crippen LogP contribution < -0.4 is 5.32 Å². The summed E-state index contributed by atoms with van der Waals surface area (Å²) in [6.07, 6.45) is 23.9. The fourth-order valence-electron chi connectivity index (χ4n) is 11.6. The molecule has 19 heteroatoms. The first kappa shape index (κ1) is 75.8. The second-order valence-electron chi connectivity index (χ2n) is 24.3. The van der Waals surface area contributed by atoms with Crippen LogP contribution in [0, 0.1) is 0 Å². The molecule has 0 aliphatic carbocycles. The number of rotatable bonds is 51. The van der Waals surface area contributed by atoms with Gasteiger partial charge in [-0.05, 0) is 19.3 Å². The van der Waals surface area contributed by atoms with Gasteiger partial charge < -0.3 is 89.9 Å². The highest BCUT2D eigenvalue weighted by Gasteiger charge is 2.53. The maximum Gasteiger partial charge on any atom is 0.220 e. The molecule has 19 nitrogen and oxygen atoms in total. The summed E-state index contributed by atoms with van der Waals surface area (Å²) >= 11 is 0. The van der Waals surface area contributed by atoms with Gasteiger partial charge in [0.25, 0.3) is 0 Å². The molecule has 0 radical (unpaired) electrons. The van der Waals surface area contributed by atoms with Gasteiger partial charge >= 0.3 is 0 Å². The monoisotopic (exact) mass is 1190 g/mol. The number of hydrogen-bond donors (Lipinski definition) is 12. The molecule has 3 heterocycles. The Morgan fingerprint density at radius 1 is 0.422 bits per heavy atom. The van der Waals surface area contributed by atoms with Crippen LogP contribution in [0.3, 0.4) is 0 Å². The zero-order chi connectivity index (χ0) is 60.5. The molecular formula is C64H121NO18. The first-order valence-corrected chi connectivity index (χ1v) is 33.4. The number of aliphatic hydroxyl groups excluding tert-OH is 11. The Balaban J connectivity index is 1.36. The molecule has 3 aliphatic heterocycles. The Morgan fingerprint density at radius 3 is 1.13 bits per heavy atom. The van der Waals surface area contributed by atoms with Gasteiger partial charge in [0.2, 0.25) is 5.91 Å². The fourth-order valence-corrected chi connectivity index (χ4v) is 11.6. The first-order chi connectivity index (χ1) is 40.3. The number of nitrogens with one attached hydrogen (secondary N) is 1. The Morgan fingerprint density at radius 2 is 0.747 bits per heavy atom. The number of ether oxygens (including phenoxy) is 6. The van der Waals surface area contributed by atoms with Crippen molar-refractivity contribution >= 4 is 5.91 Å². The van der Waals surface area contributed by atoms with E-state index in [0.29, 0.717) is 6.42 Å². The highest BCUT2D eigenvalue weighted by molar-refractivity contribution is 5.76. The lowest BCUT2D eigenvalue weighted by atomic mass is 9.96. The van der Waals surface area contributed by atoms with E-state index in [0.717, 1.165) is 44.9 Å². The molecule has 17 atom stereocenters. The van der Waals surface area contributed by atoms with Crippen molar-refractivity contribution in [3.63, 3.8) is 0 Å². The van der Waals surface area contributed by atoms with Crippen molar-refractivity contribution in [2.24, 2.45) is 0 Å². The van der Waals surface area contributed by atoms with E-state index >= 15 is 0 Å². The third-order valence-corrected chi connectivity index (χ3v) is 17.1. The summed E-state index contributed by atoms with van der Waals surface area (Å²) in [5.41, 5.74) is 0. The quantitative estimate of drug-likeness (QED) is 0.0205. The first-order valence-electron chi connectivity index (χ1n) is 33.4. The van der Waals surface area contributed by atoms with Crippen LogP contribution in [-0.2, 0) is 33.2 Å². The predicted octanol–water partition coefficient (Wildman–Crippen LogP) is 7.72. The number of carbonyl (C=O) groups is 1. The van der Waals surface area contributed by atoms with Gasteiger partial charge in [0.05, 0.1) is 38.6 Å². The van der Waals surface area contributed by atoms with Crippen LogP contribution in [0.15, 0.2) is 12.2 Å². The molecule has 0 bridgehead atoms. The average molecular weight is 1190 g/mol. The lowest BCUT2D eigenvalue weighted by Gasteiger charge is -2.48. The van der Waals surface area contributed by atoms with E-state index in [2.05, 4.69) is 19.2 Å². The number of hydrogen-bond acceptors (Lipinski definition) is 18. The van der Waals surface area contributed by atoms with Crippen molar-refractivity contribution in [3.8, 4) is 0 Å². The molecule has 3 rings (SSSR count). The van der Waals surface area contributed by atoms with E-state index in [9.17, 15) is 61.0 Å². The van der Waals surface area contributed by atoms with Crippen LogP contribution in [0.25, 0.3) is 0 Å². The fraction of sp³-hybridized carbons (Fsp3) is 0.953. The Labute approximate surface area is 499 Å². The topological polar surface area (TPSA) is 307 Å². The van der Waals surface area contributed by atoms with E-state index < -0.39 is 124 Å². The largest absolute Gasteiger partial charge is 0.394 e. The zero-order valence-corrected chi connectivity index (χ0v) is 51.4. The maximum absolute atomic E-state index is 13.2. The van der Waals surface area contributed by atoms with E-state index in [1.54, 1.807) is 6.08 Å². The standard InChI is InChI=1S/C64H121NO18/c1-3-5-7-9-11-13-14-15-16-17-18-19-20-21-22-23-24-25-26-27-28-29-30-31-32-33-34-35-37-39-41-48(69)47(65-52(70)42-40-38-36-12-10-8-6-4-2)46-78-62-58(76)55(73)60(50(44-67)80-62)83-64-59(77)56(74)61(51(45-68)81-64)82-63-57(75)54(72)53(71)49(43-66)79-63/h39,41,47-51,53-64,66-69,71-77H,3-38,40,42-46H2,1-2H3,(H,65,70)/b41-39+. The summed E-state index contributed by atoms with van der Waals surface area (Å²) in [4.78, 5) is 13.2. The summed E-state index contributed by atoms with van der Waals surface area (Å²) in [5.74, 6) is -0.278. The lowest BCUT2D eigenvalue weighted by Crippen LogP contribution is -2.66. The van der Waals surface area contributed by atoms with Crippen LogP contribution in [0.2, 0.25) is 0 Å². The van der Waals surface area contributed by atoms with Gasteiger partial charge in [-0.25, -0.2) is 0 Å². The molecule has 0 aromatic carbocycles. The van der Waals surface area contributed by atoms with Gasteiger partial charge in [-0.1, -0.05) is 244 Å². The van der Waals surface area contributed by atoms with Crippen LogP contribution in [0.1, 0.15) is 258 Å². The zero-order valence-electron chi connectivity index (χ0n) is 51.4. The minimum atomic E-state index is -1.97. The van der Waals surface area contributed by atoms with E-state index in [1.807, 2.05) is 6.08 Å². The van der Waals surface area contributed by atoms with E-state index in [4.69, 9.17) is 28.4 Å². The molecule has 0 aromatic heterocycles. The highest BCUT2D eigenvalue weighted by Crippen LogP contribution is 2.33. The number of unbranched alkanes of at least 4 members (excludes halogenated alkanes) is 35. The number of allylic oxidation sites excluding steroid dienone is 1. The minimum Gasteiger partial charge on any atom is -0.394 e. The van der Waals surface area contributed by atoms with Gasteiger partial charge in [-0.3, -0.25) is 4.79 Å². The van der Waals surface area contributed by atoms with Crippen molar-refractivity contribution in [2.75, 3.05) is 26.4 Å². The maximum atomic E-state index is 13.2. The van der Waals surface area contributed by atoms with Crippen molar-refractivity contribution < 1.29 is 89.4 Å². The molecule has 3 saturated heterocycles. The molecule has 1 amide bonds. The normalized spacial score (nSPS) is 29.4. The molecule has 17 unspecified atom stereocenters. The number of carbonyl (C=O) groups excluding carboxylic acids is 1. The third kappa shape index (κ3) is 30.5. The summed E-state index contributed by atoms with van der Waals surface area (Å²) < 4.78 is 34.2. The summed E-state index contributed by atoms with van der Waals surface area (Å²) in [5, 5.41) is 120. The van der Waals surface area contributed by atoms with Crippen LogP contribution >= 0.6 is 0 Å². The van der Waals surface area contributed by atoms with Crippen molar-refractivity contribution in [1.29, 1.82) is 0 Å². The van der Waals surface area contributed by atoms with Gasteiger partial charge in [0.15, 0.2) is 18.9 Å². The lowest BCUT2D eigenvalue weighted by molar-refractivity contribution is -0.379. The van der Waals surface area contributed by atoms with Gasteiger partial charge in [-0.2, -0.15) is 0 Å². The van der Waals surface area contributed by atoms with Crippen LogP contribution in [0.5, 0.6) is 0 Å². The Hall–Kier alpha value is -1.47. The third-order valence-electron chi connectivity index (χ3n) is 17.1. The van der Waals surface area contributed by atoms with Crippen LogP contribution in [0.4, 0.5) is 0 Å². The molecule has 3 aliphatic rings. The molecule has 12 N–H and O–H groups in total. The highest BCUT2D eigenvalue weighted by atomic mass is 16.8. The van der Waals surface area contributed by atoms with Crippen LogP contribution in [-0.4, -0.2) is 193 Å². The molecule has 3 fully saturated rings. The second-order valence-corrected chi connectivity index (χ2v) is 24.3. The molecule has 0 spiro atoms. The van der Waals surface area contributed by atoms with Gasteiger partial charge in [0, 0.05) is 6.42 Å². The predicted molar refractivity (Wildman–Crippen MR) is 319 cm³/mol. The van der Waals surface area contributed by atoms with Crippen molar-refractivity contribution in [1.82, 2.24) is 5.32 Å².